The lowest BCUT2D eigenvalue weighted by molar-refractivity contribution is -0.116. The van der Waals surface area contributed by atoms with Gasteiger partial charge >= 0.3 is 0 Å². The van der Waals surface area contributed by atoms with E-state index >= 15 is 0 Å². The van der Waals surface area contributed by atoms with Gasteiger partial charge in [0, 0.05) is 30.7 Å². The van der Waals surface area contributed by atoms with Crippen molar-refractivity contribution in [3.63, 3.8) is 0 Å². The second-order valence-electron chi connectivity index (χ2n) is 6.26. The van der Waals surface area contributed by atoms with Crippen LogP contribution in [-0.4, -0.2) is 16.8 Å². The zero-order chi connectivity index (χ0) is 19.8. The van der Waals surface area contributed by atoms with Crippen molar-refractivity contribution < 1.29 is 9.59 Å². The van der Waals surface area contributed by atoms with Gasteiger partial charge in [-0.15, -0.1) is 0 Å². The fourth-order valence-electron chi connectivity index (χ4n) is 2.67. The van der Waals surface area contributed by atoms with Crippen LogP contribution >= 0.6 is 0 Å². The minimum absolute atomic E-state index is 0.198. The monoisotopic (exact) mass is 371 g/mol. The average Bonchev–Trinajstić information content (AvgIpc) is 2.73. The summed E-state index contributed by atoms with van der Waals surface area (Å²) in [5, 5.41) is 5.72. The number of benzene rings is 2. The van der Waals surface area contributed by atoms with Crippen molar-refractivity contribution >= 4 is 23.6 Å². The second kappa shape index (κ2) is 9.28. The normalized spacial score (nSPS) is 10.6. The first-order valence-electron chi connectivity index (χ1n) is 8.94. The first-order chi connectivity index (χ1) is 13.6. The van der Waals surface area contributed by atoms with Crippen LogP contribution in [-0.2, 0) is 11.3 Å². The van der Waals surface area contributed by atoms with Crippen molar-refractivity contribution in [3.8, 4) is 0 Å². The molecule has 0 radical (unpaired) electrons. The maximum atomic E-state index is 12.3. The van der Waals surface area contributed by atoms with Gasteiger partial charge in [-0.3, -0.25) is 14.6 Å². The maximum Gasteiger partial charge on any atom is 0.257 e. The van der Waals surface area contributed by atoms with E-state index in [1.807, 2.05) is 49.4 Å². The van der Waals surface area contributed by atoms with Crippen molar-refractivity contribution in [3.05, 3.63) is 101 Å². The number of hydrogen-bond donors (Lipinski definition) is 2. The SMILES string of the molecule is Cc1ccccc1/C=C/C(=O)NCc1ccccc1NC(=O)c1cccnc1. The standard InChI is InChI=1S/C23H21N3O2/c1-17-7-2-3-8-18(17)12-13-22(27)25-16-19-9-4-5-11-21(19)26-23(28)20-10-6-14-24-15-20/h2-15H,16H2,1H3,(H,25,27)(H,26,28)/b13-12+. The highest BCUT2D eigenvalue weighted by molar-refractivity contribution is 6.04. The Balaban J connectivity index is 1.63. The molecule has 3 rings (SSSR count). The van der Waals surface area contributed by atoms with Crippen molar-refractivity contribution in [2.75, 3.05) is 5.32 Å². The quantitative estimate of drug-likeness (QED) is 0.644. The maximum absolute atomic E-state index is 12.3. The molecule has 0 saturated carbocycles. The van der Waals surface area contributed by atoms with Gasteiger partial charge in [-0.2, -0.15) is 0 Å². The average molecular weight is 371 g/mol. The van der Waals surface area contributed by atoms with Gasteiger partial charge < -0.3 is 10.6 Å². The van der Waals surface area contributed by atoms with Gasteiger partial charge in [0.05, 0.1) is 5.56 Å². The Morgan fingerprint density at radius 1 is 1.00 bits per heavy atom. The summed E-state index contributed by atoms with van der Waals surface area (Å²) < 4.78 is 0. The lowest BCUT2D eigenvalue weighted by Crippen LogP contribution is -2.22. The third-order valence-electron chi connectivity index (χ3n) is 4.25. The van der Waals surface area contributed by atoms with Gasteiger partial charge in [-0.1, -0.05) is 42.5 Å². The molecule has 3 aromatic rings. The molecule has 1 aromatic heterocycles. The fourth-order valence-corrected chi connectivity index (χ4v) is 2.67. The topological polar surface area (TPSA) is 71.1 Å². The summed E-state index contributed by atoms with van der Waals surface area (Å²) in [5.74, 6) is -0.442. The van der Waals surface area contributed by atoms with Crippen molar-refractivity contribution in [1.29, 1.82) is 0 Å². The van der Waals surface area contributed by atoms with Gasteiger partial charge in [-0.05, 0) is 47.9 Å². The molecule has 1 heterocycles. The predicted octanol–water partition coefficient (Wildman–Crippen LogP) is 3.97. The van der Waals surface area contributed by atoms with Crippen LogP contribution < -0.4 is 10.6 Å². The fraction of sp³-hybridized carbons (Fsp3) is 0.0870. The number of nitrogens with one attached hydrogen (secondary N) is 2. The minimum atomic E-state index is -0.244. The molecule has 28 heavy (non-hydrogen) atoms. The van der Waals surface area contributed by atoms with E-state index in [4.69, 9.17) is 0 Å². The smallest absolute Gasteiger partial charge is 0.257 e. The molecule has 5 nitrogen and oxygen atoms in total. The van der Waals surface area contributed by atoms with E-state index < -0.39 is 0 Å². The van der Waals surface area contributed by atoms with Gasteiger partial charge in [0.1, 0.15) is 0 Å². The predicted molar refractivity (Wildman–Crippen MR) is 111 cm³/mol. The molecule has 0 atom stereocenters. The highest BCUT2D eigenvalue weighted by Gasteiger charge is 2.09. The molecule has 5 heteroatoms. The van der Waals surface area contributed by atoms with Crippen LogP contribution in [0, 0.1) is 6.92 Å². The second-order valence-corrected chi connectivity index (χ2v) is 6.26. The number of anilines is 1. The summed E-state index contributed by atoms with van der Waals surface area (Å²) in [6.07, 6.45) is 6.43. The Bertz CT molecular complexity index is 997. The Kier molecular flexibility index (Phi) is 6.31. The number of para-hydroxylation sites is 1. The van der Waals surface area contributed by atoms with Crippen LogP contribution in [0.5, 0.6) is 0 Å². The molecule has 0 aliphatic rings. The molecule has 140 valence electrons. The molecule has 2 amide bonds. The van der Waals surface area contributed by atoms with E-state index in [0.29, 0.717) is 17.8 Å². The Labute approximate surface area is 164 Å². The zero-order valence-electron chi connectivity index (χ0n) is 15.6. The zero-order valence-corrected chi connectivity index (χ0v) is 15.6. The first kappa shape index (κ1) is 19.0. The summed E-state index contributed by atoms with van der Waals surface area (Å²) in [6.45, 7) is 2.30. The summed E-state index contributed by atoms with van der Waals surface area (Å²) in [7, 11) is 0. The molecule has 0 saturated heterocycles. The molecule has 0 spiro atoms. The Hall–Kier alpha value is -3.73. The van der Waals surface area contributed by atoms with Crippen molar-refractivity contribution in [1.82, 2.24) is 10.3 Å². The molecular formula is C23H21N3O2. The Morgan fingerprint density at radius 3 is 2.57 bits per heavy atom. The van der Waals surface area contributed by atoms with E-state index in [1.165, 1.54) is 12.3 Å². The molecule has 0 bridgehead atoms. The van der Waals surface area contributed by atoms with Crippen molar-refractivity contribution in [2.45, 2.75) is 13.5 Å². The van der Waals surface area contributed by atoms with E-state index in [0.717, 1.165) is 16.7 Å². The Morgan fingerprint density at radius 2 is 1.79 bits per heavy atom. The molecule has 2 N–H and O–H groups in total. The number of carbonyl (C=O) groups is 2. The number of aromatic nitrogens is 1. The third kappa shape index (κ3) is 5.14. The number of aryl methyl sites for hydroxylation is 1. The number of amides is 2. The van der Waals surface area contributed by atoms with Crippen LogP contribution in [0.15, 0.2) is 79.1 Å². The van der Waals surface area contributed by atoms with E-state index in [9.17, 15) is 9.59 Å². The summed E-state index contributed by atoms with van der Waals surface area (Å²) in [5.41, 5.74) is 4.05. The minimum Gasteiger partial charge on any atom is -0.348 e. The third-order valence-corrected chi connectivity index (χ3v) is 4.25. The van der Waals surface area contributed by atoms with Crippen LogP contribution in [0.2, 0.25) is 0 Å². The van der Waals surface area contributed by atoms with Gasteiger partial charge in [0.25, 0.3) is 5.91 Å². The summed E-state index contributed by atoms with van der Waals surface area (Å²) in [6, 6.07) is 18.6. The molecule has 0 unspecified atom stereocenters. The van der Waals surface area contributed by atoms with E-state index in [2.05, 4.69) is 15.6 Å². The van der Waals surface area contributed by atoms with E-state index in [1.54, 1.807) is 30.5 Å². The van der Waals surface area contributed by atoms with Crippen molar-refractivity contribution in [2.24, 2.45) is 0 Å². The highest BCUT2D eigenvalue weighted by Crippen LogP contribution is 2.16. The van der Waals surface area contributed by atoms with E-state index in [-0.39, 0.29) is 11.8 Å². The number of carbonyl (C=O) groups excluding carboxylic acids is 2. The number of pyridine rings is 1. The van der Waals surface area contributed by atoms with Gasteiger partial charge in [0.2, 0.25) is 5.91 Å². The van der Waals surface area contributed by atoms with Gasteiger partial charge in [-0.25, -0.2) is 0 Å². The highest BCUT2D eigenvalue weighted by atomic mass is 16.2. The van der Waals surface area contributed by atoms with Crippen LogP contribution in [0.1, 0.15) is 27.0 Å². The summed E-state index contributed by atoms with van der Waals surface area (Å²) in [4.78, 5) is 28.5. The molecule has 0 aliphatic carbocycles. The first-order valence-corrected chi connectivity index (χ1v) is 8.94. The van der Waals surface area contributed by atoms with Crippen LogP contribution in [0.25, 0.3) is 6.08 Å². The molecule has 0 fully saturated rings. The number of hydrogen-bond acceptors (Lipinski definition) is 3. The lowest BCUT2D eigenvalue weighted by atomic mass is 10.1. The van der Waals surface area contributed by atoms with Gasteiger partial charge in [0.15, 0.2) is 0 Å². The number of nitrogens with zero attached hydrogens (tertiary/aromatic N) is 1. The number of rotatable bonds is 6. The largest absolute Gasteiger partial charge is 0.348 e. The molecule has 2 aromatic carbocycles. The molecule has 0 aliphatic heterocycles. The van der Waals surface area contributed by atoms with Crippen LogP contribution in [0.4, 0.5) is 5.69 Å². The molecular weight excluding hydrogens is 350 g/mol. The van der Waals surface area contributed by atoms with Crippen LogP contribution in [0.3, 0.4) is 0 Å². The lowest BCUT2D eigenvalue weighted by Gasteiger charge is -2.11. The summed E-state index contributed by atoms with van der Waals surface area (Å²) >= 11 is 0.